The van der Waals surface area contributed by atoms with E-state index in [9.17, 15) is 19.5 Å². The number of nitrogens with zero attached hydrogens (tertiary/aromatic N) is 2. The maximum atomic E-state index is 14.0. The quantitative estimate of drug-likeness (QED) is 0.160. The Morgan fingerprint density at radius 2 is 1.70 bits per heavy atom. The van der Waals surface area contributed by atoms with Crippen molar-refractivity contribution in [1.29, 1.82) is 0 Å². The van der Waals surface area contributed by atoms with Crippen molar-refractivity contribution >= 4 is 61.3 Å². The van der Waals surface area contributed by atoms with Gasteiger partial charge in [0.25, 0.3) is 11.8 Å². The predicted octanol–water partition coefficient (Wildman–Crippen LogP) is 4.07. The van der Waals surface area contributed by atoms with Crippen molar-refractivity contribution in [2.45, 2.75) is 56.7 Å². The maximum absolute atomic E-state index is 14.0. The van der Waals surface area contributed by atoms with Crippen LogP contribution in [0.5, 0.6) is 0 Å². The van der Waals surface area contributed by atoms with Gasteiger partial charge in [0, 0.05) is 47.6 Å². The van der Waals surface area contributed by atoms with E-state index in [1.54, 1.807) is 6.92 Å². The number of para-hydroxylation sites is 2. The van der Waals surface area contributed by atoms with Gasteiger partial charge in [0.2, 0.25) is 5.91 Å². The number of carbonyl (C=O) groups excluding carboxylic acids is 3. The summed E-state index contributed by atoms with van der Waals surface area (Å²) < 4.78 is 11.0. The van der Waals surface area contributed by atoms with Crippen LogP contribution < -0.4 is 16.0 Å². The fourth-order valence-corrected chi connectivity index (χ4v) is 7.81. The van der Waals surface area contributed by atoms with Crippen molar-refractivity contribution in [2.75, 3.05) is 13.1 Å². The molecular weight excluding hydrogens is 558 g/mol. The number of hydrogen-bond donors (Lipinski definition) is 4. The number of ether oxygens (including phenoxy) is 1. The Bertz CT molecular complexity index is 2090. The molecule has 5 aromatic rings. The van der Waals surface area contributed by atoms with Crippen LogP contribution in [0.2, 0.25) is 0 Å². The molecule has 5 heterocycles. The van der Waals surface area contributed by atoms with Gasteiger partial charge in [-0.25, -0.2) is 0 Å². The maximum Gasteiger partial charge on any atom is 0.257 e. The first-order valence-electron chi connectivity index (χ1n) is 15.2. The molecule has 3 atom stereocenters. The van der Waals surface area contributed by atoms with Crippen molar-refractivity contribution in [3.63, 3.8) is 0 Å². The predicted molar refractivity (Wildman–Crippen MR) is 167 cm³/mol. The van der Waals surface area contributed by atoms with E-state index < -0.39 is 23.5 Å². The van der Waals surface area contributed by atoms with Crippen LogP contribution in [0.15, 0.2) is 61.2 Å². The van der Waals surface area contributed by atoms with Crippen LogP contribution in [0.3, 0.4) is 0 Å². The third kappa shape index (κ3) is 3.35. The van der Waals surface area contributed by atoms with E-state index >= 15 is 0 Å². The van der Waals surface area contributed by atoms with Gasteiger partial charge in [-0.1, -0.05) is 43.0 Å². The number of hydrogen-bond acceptors (Lipinski definition) is 5. The van der Waals surface area contributed by atoms with Gasteiger partial charge < -0.3 is 34.9 Å². The van der Waals surface area contributed by atoms with E-state index in [0.29, 0.717) is 31.6 Å². The zero-order chi connectivity index (χ0) is 30.4. The van der Waals surface area contributed by atoms with Crippen LogP contribution in [0.25, 0.3) is 43.6 Å². The highest BCUT2D eigenvalue weighted by molar-refractivity contribution is 6.31. The van der Waals surface area contributed by atoms with Gasteiger partial charge in [0.15, 0.2) is 11.3 Å². The standard InChI is InChI=1S/C34H33N5O5/c1-3-24(40)35-15-9-4-10-16-36-32(42)34(43)17-25-38-22-13-7-5-11-19(22)27-28-21(18-37-31(28)41)26-20-12-6-8-14-23(20)39(30(26)29(27)38)33(34,2)44-25/h3,5-8,11-14,25,43H,1,4,9-10,15-18H2,2H3,(H,35,40)(H,36,42)(H,37,41)/t25?,33-,34-/m0/s1. The molecular formula is C34H33N5O5. The van der Waals surface area contributed by atoms with E-state index in [4.69, 9.17) is 4.74 Å². The zero-order valence-electron chi connectivity index (χ0n) is 24.4. The Labute approximate surface area is 252 Å². The number of aliphatic hydroxyl groups is 1. The van der Waals surface area contributed by atoms with E-state index in [1.807, 2.05) is 53.1 Å². The van der Waals surface area contributed by atoms with Gasteiger partial charge in [-0.15, -0.1) is 0 Å². The average Bonchev–Trinajstić information content (AvgIpc) is 3.73. The third-order valence-electron chi connectivity index (χ3n) is 9.83. The molecule has 1 fully saturated rings. The van der Waals surface area contributed by atoms with Gasteiger partial charge >= 0.3 is 0 Å². The number of amides is 3. The number of rotatable bonds is 8. The highest BCUT2D eigenvalue weighted by Crippen LogP contribution is 2.57. The van der Waals surface area contributed by atoms with Crippen LogP contribution in [-0.2, 0) is 26.6 Å². The van der Waals surface area contributed by atoms with Crippen molar-refractivity contribution in [3.8, 4) is 0 Å². The van der Waals surface area contributed by atoms with Crippen molar-refractivity contribution in [3.05, 3.63) is 72.3 Å². The summed E-state index contributed by atoms with van der Waals surface area (Å²) in [6, 6.07) is 15.9. The summed E-state index contributed by atoms with van der Waals surface area (Å²) in [7, 11) is 0. The molecule has 2 aromatic heterocycles. The van der Waals surface area contributed by atoms with Crippen LogP contribution in [0.4, 0.5) is 0 Å². The van der Waals surface area contributed by atoms with Gasteiger partial charge in [0.1, 0.15) is 6.23 Å². The average molecular weight is 592 g/mol. The molecule has 3 aliphatic rings. The molecule has 10 heteroatoms. The minimum absolute atomic E-state index is 0.0351. The monoisotopic (exact) mass is 591 g/mol. The van der Waals surface area contributed by atoms with Crippen molar-refractivity contribution in [2.24, 2.45) is 0 Å². The molecule has 8 rings (SSSR count). The minimum atomic E-state index is -1.90. The van der Waals surface area contributed by atoms with E-state index in [-0.39, 0.29) is 18.2 Å². The Balaban J connectivity index is 1.28. The molecule has 224 valence electrons. The number of fused-ring (bicyclic) bond motifs is 13. The largest absolute Gasteiger partial charge is 0.376 e. The molecule has 2 bridgehead atoms. The minimum Gasteiger partial charge on any atom is -0.376 e. The molecule has 1 unspecified atom stereocenters. The lowest BCUT2D eigenvalue weighted by Crippen LogP contribution is -2.59. The molecule has 1 saturated heterocycles. The Morgan fingerprint density at radius 1 is 1.02 bits per heavy atom. The number of nitrogens with one attached hydrogen (secondary N) is 3. The molecule has 4 N–H and O–H groups in total. The molecule has 0 saturated carbocycles. The fourth-order valence-electron chi connectivity index (χ4n) is 7.81. The smallest absolute Gasteiger partial charge is 0.257 e. The SMILES string of the molecule is C=CC(=O)NCCCCCNC(=O)[C@@]1(O)CC2O[C@]1(C)n1c3ccccc3c3c4c(c5c6ccccc6n2c5c31)C(=O)NC4. The molecule has 10 nitrogen and oxygen atoms in total. The first-order chi connectivity index (χ1) is 21.3. The second kappa shape index (κ2) is 9.41. The number of unbranched alkanes of at least 4 members (excludes halogenated alkanes) is 2. The first-order valence-corrected chi connectivity index (χ1v) is 15.2. The fraction of sp³-hybridized carbons (Fsp3) is 0.324. The highest BCUT2D eigenvalue weighted by atomic mass is 16.6. The summed E-state index contributed by atoms with van der Waals surface area (Å²) in [5, 5.41) is 25.0. The molecule has 3 amide bonds. The summed E-state index contributed by atoms with van der Waals surface area (Å²) in [5.41, 5.74) is 1.71. The van der Waals surface area contributed by atoms with Gasteiger partial charge in [0.05, 0.1) is 27.6 Å². The number of carbonyl (C=O) groups is 3. The van der Waals surface area contributed by atoms with Crippen LogP contribution in [-0.4, -0.2) is 50.7 Å². The van der Waals surface area contributed by atoms with Crippen molar-refractivity contribution < 1.29 is 24.2 Å². The summed E-state index contributed by atoms with van der Waals surface area (Å²) in [6.07, 6.45) is 2.89. The molecule has 3 aliphatic heterocycles. The van der Waals surface area contributed by atoms with Gasteiger partial charge in [-0.2, -0.15) is 0 Å². The van der Waals surface area contributed by atoms with E-state index in [2.05, 4.69) is 27.1 Å². The van der Waals surface area contributed by atoms with Crippen LogP contribution in [0, 0.1) is 0 Å². The Hall–Kier alpha value is -4.67. The number of benzene rings is 3. The molecule has 3 aromatic carbocycles. The molecule has 0 spiro atoms. The van der Waals surface area contributed by atoms with Crippen molar-refractivity contribution in [1.82, 2.24) is 25.1 Å². The van der Waals surface area contributed by atoms with Gasteiger partial charge in [-0.05, 0) is 50.0 Å². The topological polar surface area (TPSA) is 127 Å². The third-order valence-corrected chi connectivity index (χ3v) is 9.83. The molecule has 0 aliphatic carbocycles. The molecule has 44 heavy (non-hydrogen) atoms. The normalized spacial score (nSPS) is 23.4. The second-order valence-corrected chi connectivity index (χ2v) is 12.2. The lowest BCUT2D eigenvalue weighted by Gasteiger charge is -2.38. The summed E-state index contributed by atoms with van der Waals surface area (Å²) in [5.74, 6) is -0.782. The summed E-state index contributed by atoms with van der Waals surface area (Å²) in [6.45, 7) is 6.58. The van der Waals surface area contributed by atoms with Crippen LogP contribution in [0.1, 0.15) is 54.8 Å². The summed E-state index contributed by atoms with van der Waals surface area (Å²) >= 11 is 0. The molecule has 0 radical (unpaired) electrons. The number of aromatic nitrogens is 2. The van der Waals surface area contributed by atoms with Gasteiger partial charge in [-0.3, -0.25) is 14.4 Å². The lowest BCUT2D eigenvalue weighted by molar-refractivity contribution is -0.187. The second-order valence-electron chi connectivity index (χ2n) is 12.2. The zero-order valence-corrected chi connectivity index (χ0v) is 24.4. The highest BCUT2D eigenvalue weighted by Gasteiger charge is 2.64. The lowest BCUT2D eigenvalue weighted by atomic mass is 9.87. The summed E-state index contributed by atoms with van der Waals surface area (Å²) in [4.78, 5) is 38.8. The Kier molecular flexibility index (Phi) is 5.76. The first kappa shape index (κ1) is 26.9. The van der Waals surface area contributed by atoms with E-state index in [0.717, 1.165) is 62.0 Å². The van der Waals surface area contributed by atoms with Crippen LogP contribution >= 0.6 is 0 Å². The Morgan fingerprint density at radius 3 is 2.45 bits per heavy atom. The van der Waals surface area contributed by atoms with E-state index in [1.165, 1.54) is 6.08 Å².